The maximum Gasteiger partial charge on any atom is 0.341 e. The van der Waals surface area contributed by atoms with Crippen LogP contribution in [0.2, 0.25) is 0 Å². The van der Waals surface area contributed by atoms with Crippen LogP contribution < -0.4 is 16.0 Å². The van der Waals surface area contributed by atoms with Gasteiger partial charge in [-0.1, -0.05) is 0 Å². The molecule has 0 atom stereocenters. The van der Waals surface area contributed by atoms with Gasteiger partial charge in [-0.05, 0) is 24.3 Å². The average Bonchev–Trinajstić information content (AvgIpc) is 2.26. The first-order valence-electron chi connectivity index (χ1n) is 4.09. The van der Waals surface area contributed by atoms with Gasteiger partial charge in [0.05, 0.1) is 0 Å². The summed E-state index contributed by atoms with van der Waals surface area (Å²) >= 11 is 0. The molecule has 6 heteroatoms. The minimum atomic E-state index is -1.06. The molecule has 0 fully saturated rings. The quantitative estimate of drug-likeness (QED) is 0.361. The number of nitrogen functional groups attached to an aromatic ring is 1. The molecule has 0 aliphatic heterocycles. The van der Waals surface area contributed by atoms with E-state index in [1.165, 1.54) is 24.3 Å². The molecule has 15 heavy (non-hydrogen) atoms. The van der Waals surface area contributed by atoms with Crippen LogP contribution in [-0.2, 0) is 4.79 Å². The van der Waals surface area contributed by atoms with Gasteiger partial charge in [0.25, 0.3) is 5.91 Å². The van der Waals surface area contributed by atoms with Crippen LogP contribution >= 0.6 is 0 Å². The smallest absolute Gasteiger partial charge is 0.341 e. The number of aliphatic carboxylic acids is 1. The Morgan fingerprint density at radius 2 is 1.93 bits per heavy atom. The Bertz CT molecular complexity index is 361. The second-order valence-electron chi connectivity index (χ2n) is 2.68. The van der Waals surface area contributed by atoms with E-state index >= 15 is 0 Å². The number of carbonyl (C=O) groups is 2. The monoisotopic (exact) mass is 210 g/mol. The number of hydrogen-bond donors (Lipinski definition) is 3. The second kappa shape index (κ2) is 4.97. The molecule has 0 aromatic heterocycles. The number of hydrogen-bond acceptors (Lipinski definition) is 4. The van der Waals surface area contributed by atoms with Gasteiger partial charge in [0, 0.05) is 5.56 Å². The Labute approximate surface area is 85.6 Å². The van der Waals surface area contributed by atoms with Crippen molar-refractivity contribution in [3.8, 4) is 5.75 Å². The minimum Gasteiger partial charge on any atom is -0.482 e. The van der Waals surface area contributed by atoms with Crippen molar-refractivity contribution >= 4 is 11.9 Å². The molecule has 1 aromatic carbocycles. The summed E-state index contributed by atoms with van der Waals surface area (Å²) in [5, 5.41) is 8.35. The molecule has 6 nitrogen and oxygen atoms in total. The van der Waals surface area contributed by atoms with E-state index < -0.39 is 18.5 Å². The summed E-state index contributed by atoms with van der Waals surface area (Å²) in [5.41, 5.74) is 2.35. The number of nitrogens with one attached hydrogen (secondary N) is 1. The summed E-state index contributed by atoms with van der Waals surface area (Å²) in [6, 6.07) is 5.96. The largest absolute Gasteiger partial charge is 0.482 e. The molecular weight excluding hydrogens is 200 g/mol. The van der Waals surface area contributed by atoms with Crippen LogP contribution in [0.15, 0.2) is 24.3 Å². The molecule has 0 aliphatic rings. The molecule has 0 saturated carbocycles. The van der Waals surface area contributed by atoms with Gasteiger partial charge in [0.1, 0.15) is 5.75 Å². The predicted octanol–water partition coefficient (Wildman–Crippen LogP) is -0.247. The Morgan fingerprint density at radius 3 is 2.40 bits per heavy atom. The number of benzene rings is 1. The van der Waals surface area contributed by atoms with Crippen LogP contribution in [0.25, 0.3) is 0 Å². The molecule has 0 saturated heterocycles. The standard InChI is InChI=1S/C9H10N2O4/c10-11-9(14)6-1-3-7(4-2-6)15-5-8(12)13/h1-4H,5,10H2,(H,11,14)(H,12,13). The average molecular weight is 210 g/mol. The van der Waals surface area contributed by atoms with E-state index in [1.54, 1.807) is 0 Å². The zero-order valence-electron chi connectivity index (χ0n) is 7.77. The highest BCUT2D eigenvalue weighted by atomic mass is 16.5. The van der Waals surface area contributed by atoms with Gasteiger partial charge in [-0.2, -0.15) is 0 Å². The lowest BCUT2D eigenvalue weighted by atomic mass is 10.2. The van der Waals surface area contributed by atoms with Crippen LogP contribution in [-0.4, -0.2) is 23.6 Å². The third-order valence-corrected chi connectivity index (χ3v) is 1.61. The number of carboxylic acids is 1. The highest BCUT2D eigenvalue weighted by Gasteiger charge is 2.03. The lowest BCUT2D eigenvalue weighted by molar-refractivity contribution is -0.139. The Morgan fingerprint density at radius 1 is 1.33 bits per heavy atom. The van der Waals surface area contributed by atoms with E-state index in [0.717, 1.165) is 0 Å². The third-order valence-electron chi connectivity index (χ3n) is 1.61. The Kier molecular flexibility index (Phi) is 3.64. The molecule has 0 radical (unpaired) electrons. The fourth-order valence-corrected chi connectivity index (χ4v) is 0.931. The minimum absolute atomic E-state index is 0.375. The molecule has 0 aliphatic carbocycles. The van der Waals surface area contributed by atoms with Gasteiger partial charge >= 0.3 is 5.97 Å². The molecule has 80 valence electrons. The molecule has 1 aromatic rings. The van der Waals surface area contributed by atoms with Crippen LogP contribution in [0.4, 0.5) is 0 Å². The third kappa shape index (κ3) is 3.28. The highest BCUT2D eigenvalue weighted by Crippen LogP contribution is 2.11. The zero-order valence-corrected chi connectivity index (χ0v) is 7.77. The number of rotatable bonds is 4. The summed E-state index contributed by atoms with van der Waals surface area (Å²) in [4.78, 5) is 21.2. The van der Waals surface area contributed by atoms with Crippen LogP contribution in [0.3, 0.4) is 0 Å². The number of ether oxygens (including phenoxy) is 1. The summed E-state index contributed by atoms with van der Waals surface area (Å²) < 4.78 is 4.87. The van der Waals surface area contributed by atoms with Crippen LogP contribution in [0.5, 0.6) is 5.75 Å². The van der Waals surface area contributed by atoms with Crippen molar-refractivity contribution in [2.24, 2.45) is 5.84 Å². The molecule has 0 unspecified atom stereocenters. The number of carboxylic acid groups (broad SMARTS) is 1. The van der Waals surface area contributed by atoms with Gasteiger partial charge in [-0.25, -0.2) is 10.6 Å². The van der Waals surface area contributed by atoms with Gasteiger partial charge in [0.15, 0.2) is 6.61 Å². The summed E-state index contributed by atoms with van der Waals surface area (Å²) in [6.45, 7) is -0.414. The van der Waals surface area contributed by atoms with Gasteiger partial charge in [-0.3, -0.25) is 10.2 Å². The van der Waals surface area contributed by atoms with Crippen molar-refractivity contribution in [3.05, 3.63) is 29.8 Å². The number of amides is 1. The molecule has 0 heterocycles. The number of carbonyl (C=O) groups excluding carboxylic acids is 1. The van der Waals surface area contributed by atoms with Crippen molar-refractivity contribution in [1.82, 2.24) is 5.43 Å². The zero-order chi connectivity index (χ0) is 11.3. The first kappa shape index (κ1) is 11.0. The van der Waals surface area contributed by atoms with Crippen LogP contribution in [0, 0.1) is 0 Å². The van der Waals surface area contributed by atoms with Crippen molar-refractivity contribution in [2.75, 3.05) is 6.61 Å². The van der Waals surface area contributed by atoms with Crippen molar-refractivity contribution in [3.63, 3.8) is 0 Å². The Balaban J connectivity index is 2.64. The second-order valence-corrected chi connectivity index (χ2v) is 2.68. The molecular formula is C9H10N2O4. The van der Waals surface area contributed by atoms with Gasteiger partial charge in [0.2, 0.25) is 0 Å². The Hall–Kier alpha value is -2.08. The fourth-order valence-electron chi connectivity index (χ4n) is 0.931. The highest BCUT2D eigenvalue weighted by molar-refractivity contribution is 5.93. The van der Waals surface area contributed by atoms with E-state index in [0.29, 0.717) is 11.3 Å². The van der Waals surface area contributed by atoms with Crippen molar-refractivity contribution in [1.29, 1.82) is 0 Å². The topological polar surface area (TPSA) is 102 Å². The van der Waals surface area contributed by atoms with E-state index in [2.05, 4.69) is 0 Å². The van der Waals surface area contributed by atoms with E-state index in [9.17, 15) is 9.59 Å². The summed E-state index contributed by atoms with van der Waals surface area (Å²) in [6.07, 6.45) is 0. The molecule has 4 N–H and O–H groups in total. The van der Waals surface area contributed by atoms with Crippen LogP contribution in [0.1, 0.15) is 10.4 Å². The van der Waals surface area contributed by atoms with Gasteiger partial charge in [-0.15, -0.1) is 0 Å². The predicted molar refractivity (Wildman–Crippen MR) is 51.2 cm³/mol. The fraction of sp³-hybridized carbons (Fsp3) is 0.111. The first-order valence-corrected chi connectivity index (χ1v) is 4.09. The maximum absolute atomic E-state index is 11.0. The molecule has 0 bridgehead atoms. The van der Waals surface area contributed by atoms with E-state index in [-0.39, 0.29) is 0 Å². The lowest BCUT2D eigenvalue weighted by Crippen LogP contribution is -2.29. The van der Waals surface area contributed by atoms with E-state index in [1.807, 2.05) is 5.43 Å². The number of hydrazine groups is 1. The molecule has 1 rings (SSSR count). The summed E-state index contributed by atoms with van der Waals surface area (Å²) in [5.74, 6) is 3.84. The first-order chi connectivity index (χ1) is 7.13. The molecule has 0 spiro atoms. The molecule has 1 amide bonds. The van der Waals surface area contributed by atoms with Crippen molar-refractivity contribution < 1.29 is 19.4 Å². The SMILES string of the molecule is NNC(=O)c1ccc(OCC(=O)O)cc1. The van der Waals surface area contributed by atoms with E-state index in [4.69, 9.17) is 15.7 Å². The van der Waals surface area contributed by atoms with Gasteiger partial charge < -0.3 is 9.84 Å². The maximum atomic E-state index is 11.0. The van der Waals surface area contributed by atoms with Crippen molar-refractivity contribution in [2.45, 2.75) is 0 Å². The summed E-state index contributed by atoms with van der Waals surface area (Å²) in [7, 11) is 0. The normalized spacial score (nSPS) is 9.40. The number of nitrogens with two attached hydrogens (primary N) is 1. The lowest BCUT2D eigenvalue weighted by Gasteiger charge is -2.03.